The molecule has 6 atom stereocenters. The summed E-state index contributed by atoms with van der Waals surface area (Å²) in [4.78, 5) is 0. The number of ether oxygens (including phenoxy) is 2. The zero-order valence-corrected chi connectivity index (χ0v) is 18.8. The second-order valence-corrected chi connectivity index (χ2v) is 8.78. The minimum atomic E-state index is -2.53. The number of hydrogen-bond donors (Lipinski definition) is 6. The highest BCUT2D eigenvalue weighted by atomic mass is 35.5. The van der Waals surface area contributed by atoms with Crippen LogP contribution in [0.5, 0.6) is 5.75 Å². The normalized spacial score (nSPS) is 31.4. The number of halogens is 1. The van der Waals surface area contributed by atoms with E-state index in [2.05, 4.69) is 0 Å². The van der Waals surface area contributed by atoms with Gasteiger partial charge < -0.3 is 40.1 Å². The second-order valence-electron chi connectivity index (χ2n) is 8.38. The Kier molecular flexibility index (Phi) is 7.19. The molecular formula is C23H29ClO8. The van der Waals surface area contributed by atoms with Crippen LogP contribution in [0.4, 0.5) is 0 Å². The van der Waals surface area contributed by atoms with Crippen molar-refractivity contribution in [3.8, 4) is 5.75 Å². The van der Waals surface area contributed by atoms with E-state index in [9.17, 15) is 30.6 Å². The first-order chi connectivity index (χ1) is 14.9. The van der Waals surface area contributed by atoms with Gasteiger partial charge in [-0.1, -0.05) is 23.7 Å². The highest BCUT2D eigenvalue weighted by Gasteiger charge is 2.60. The number of aliphatic hydroxyl groups is 6. The van der Waals surface area contributed by atoms with Crippen molar-refractivity contribution in [1.29, 1.82) is 0 Å². The van der Waals surface area contributed by atoms with Gasteiger partial charge in [0.05, 0.1) is 19.8 Å². The van der Waals surface area contributed by atoms with Crippen molar-refractivity contribution in [3.05, 3.63) is 63.7 Å². The van der Waals surface area contributed by atoms with Gasteiger partial charge in [0.1, 0.15) is 29.7 Å². The van der Waals surface area contributed by atoms with Crippen molar-refractivity contribution in [1.82, 2.24) is 0 Å². The van der Waals surface area contributed by atoms with Gasteiger partial charge >= 0.3 is 0 Å². The zero-order valence-electron chi connectivity index (χ0n) is 18.1. The molecule has 0 radical (unpaired) electrons. The first-order valence-corrected chi connectivity index (χ1v) is 10.6. The summed E-state index contributed by atoms with van der Waals surface area (Å²) in [5.41, 5.74) is -0.507. The van der Waals surface area contributed by atoms with E-state index in [0.29, 0.717) is 16.9 Å². The molecule has 6 N–H and O–H groups in total. The molecule has 0 unspecified atom stereocenters. The predicted octanol–water partition coefficient (Wildman–Crippen LogP) is 0.829. The number of hydrogen-bond acceptors (Lipinski definition) is 8. The van der Waals surface area contributed by atoms with E-state index < -0.39 is 42.4 Å². The lowest BCUT2D eigenvalue weighted by molar-refractivity contribution is -0.385. The van der Waals surface area contributed by atoms with Gasteiger partial charge in [-0.2, -0.15) is 0 Å². The molecule has 1 heterocycles. The van der Waals surface area contributed by atoms with Gasteiger partial charge in [0.15, 0.2) is 0 Å². The summed E-state index contributed by atoms with van der Waals surface area (Å²) in [5, 5.41) is 63.6. The molecule has 32 heavy (non-hydrogen) atoms. The van der Waals surface area contributed by atoms with Gasteiger partial charge in [0, 0.05) is 10.6 Å². The average molecular weight is 469 g/mol. The Bertz CT molecular complexity index is 946. The van der Waals surface area contributed by atoms with Crippen LogP contribution in [0.3, 0.4) is 0 Å². The third-order valence-electron chi connectivity index (χ3n) is 5.98. The van der Waals surface area contributed by atoms with Crippen LogP contribution in [0.15, 0.2) is 36.4 Å². The van der Waals surface area contributed by atoms with Gasteiger partial charge in [0.2, 0.25) is 5.79 Å². The van der Waals surface area contributed by atoms with Crippen LogP contribution >= 0.6 is 11.6 Å². The fraction of sp³-hybridized carbons (Fsp3) is 0.478. The first kappa shape index (κ1) is 24.9. The molecule has 2 aromatic carbocycles. The number of benzene rings is 2. The van der Waals surface area contributed by atoms with Crippen LogP contribution in [0.2, 0.25) is 5.02 Å². The Morgan fingerprint density at radius 3 is 2.25 bits per heavy atom. The largest absolute Gasteiger partial charge is 0.497 e. The van der Waals surface area contributed by atoms with E-state index in [1.165, 1.54) is 26.0 Å². The highest BCUT2D eigenvalue weighted by molar-refractivity contribution is 6.31. The maximum Gasteiger partial charge on any atom is 0.222 e. The van der Waals surface area contributed by atoms with Crippen LogP contribution in [-0.4, -0.2) is 67.8 Å². The van der Waals surface area contributed by atoms with Gasteiger partial charge in [-0.25, -0.2) is 0 Å². The lowest BCUT2D eigenvalue weighted by Gasteiger charge is -2.52. The SMILES string of the molecule is COc1ccc(Cc2c(Cl)cc(CO)cc2[C@@]2(O)O[C@H]([C@H](C)O)[C@@](C)(O)[C@H](O)[C@H]2O)cc1. The van der Waals surface area contributed by atoms with Crippen molar-refractivity contribution in [2.24, 2.45) is 0 Å². The summed E-state index contributed by atoms with van der Waals surface area (Å²) in [6.07, 6.45) is -6.34. The van der Waals surface area contributed by atoms with Crippen LogP contribution in [-0.2, 0) is 23.6 Å². The standard InChI is InChI=1S/C23H29ClO8/c1-12(26)21-22(2,29)19(27)20(28)23(30,32-21)17-9-14(11-25)10-18(24)16(17)8-13-4-6-15(31-3)7-5-13/h4-7,9-10,12,19-21,25-30H,8,11H2,1-3H3/t12-,19+,20+,21+,22-,23+/m0/s1. The summed E-state index contributed by atoms with van der Waals surface area (Å²) >= 11 is 6.50. The van der Waals surface area contributed by atoms with E-state index in [1.54, 1.807) is 31.4 Å². The fourth-order valence-electron chi connectivity index (χ4n) is 4.12. The number of aliphatic hydroxyl groups excluding tert-OH is 4. The fourth-order valence-corrected chi connectivity index (χ4v) is 4.43. The van der Waals surface area contributed by atoms with Crippen molar-refractivity contribution in [2.75, 3.05) is 7.11 Å². The molecule has 0 aliphatic carbocycles. The summed E-state index contributed by atoms with van der Waals surface area (Å²) in [7, 11) is 1.55. The molecule has 3 rings (SSSR count). The van der Waals surface area contributed by atoms with Crippen molar-refractivity contribution >= 4 is 11.6 Å². The van der Waals surface area contributed by atoms with E-state index in [-0.39, 0.29) is 17.0 Å². The monoisotopic (exact) mass is 468 g/mol. The van der Waals surface area contributed by atoms with Crippen LogP contribution < -0.4 is 4.74 Å². The predicted molar refractivity (Wildman–Crippen MR) is 116 cm³/mol. The Morgan fingerprint density at radius 1 is 1.09 bits per heavy atom. The second kappa shape index (κ2) is 9.24. The van der Waals surface area contributed by atoms with Gasteiger partial charge in [-0.05, 0) is 61.2 Å². The third-order valence-corrected chi connectivity index (χ3v) is 6.32. The minimum absolute atomic E-state index is 0.0116. The lowest BCUT2D eigenvalue weighted by atomic mass is 9.77. The molecule has 1 aliphatic rings. The molecule has 0 saturated carbocycles. The van der Waals surface area contributed by atoms with E-state index in [0.717, 1.165) is 5.56 Å². The molecule has 2 aromatic rings. The maximum absolute atomic E-state index is 11.5. The van der Waals surface area contributed by atoms with Crippen molar-refractivity contribution < 1.29 is 40.1 Å². The number of rotatable bonds is 6. The Morgan fingerprint density at radius 2 is 1.72 bits per heavy atom. The van der Waals surface area contributed by atoms with Gasteiger partial charge in [-0.15, -0.1) is 0 Å². The molecule has 1 aliphatic heterocycles. The molecule has 0 amide bonds. The molecule has 1 fully saturated rings. The minimum Gasteiger partial charge on any atom is -0.497 e. The number of methoxy groups -OCH3 is 1. The van der Waals surface area contributed by atoms with Gasteiger partial charge in [-0.3, -0.25) is 0 Å². The van der Waals surface area contributed by atoms with Gasteiger partial charge in [0.25, 0.3) is 0 Å². The molecular weight excluding hydrogens is 440 g/mol. The average Bonchev–Trinajstić information content (AvgIpc) is 2.76. The molecule has 9 heteroatoms. The molecule has 8 nitrogen and oxygen atoms in total. The Labute approximate surface area is 191 Å². The topological polar surface area (TPSA) is 140 Å². The van der Waals surface area contributed by atoms with E-state index in [4.69, 9.17) is 21.1 Å². The molecule has 0 aromatic heterocycles. The summed E-state index contributed by atoms with van der Waals surface area (Å²) < 4.78 is 10.8. The van der Waals surface area contributed by atoms with Crippen molar-refractivity contribution in [3.63, 3.8) is 0 Å². The first-order valence-electron chi connectivity index (χ1n) is 10.2. The Hall–Kier alpha value is -1.75. The van der Waals surface area contributed by atoms with Crippen molar-refractivity contribution in [2.45, 2.75) is 62.7 Å². The quantitative estimate of drug-likeness (QED) is 0.366. The molecule has 1 saturated heterocycles. The van der Waals surface area contributed by atoms with Crippen LogP contribution in [0.25, 0.3) is 0 Å². The smallest absolute Gasteiger partial charge is 0.222 e. The molecule has 0 bridgehead atoms. The van der Waals surface area contributed by atoms with Crippen LogP contribution in [0, 0.1) is 0 Å². The highest BCUT2D eigenvalue weighted by Crippen LogP contribution is 2.44. The maximum atomic E-state index is 11.5. The Balaban J connectivity index is 2.14. The molecule has 0 spiro atoms. The summed E-state index contributed by atoms with van der Waals surface area (Å²) in [6.45, 7) is 2.13. The molecule has 176 valence electrons. The van der Waals surface area contributed by atoms with Crippen LogP contribution in [0.1, 0.15) is 36.1 Å². The third kappa shape index (κ3) is 4.37. The lowest BCUT2D eigenvalue weighted by Crippen LogP contribution is -2.70. The van der Waals surface area contributed by atoms with E-state index in [1.807, 2.05) is 0 Å². The summed E-state index contributed by atoms with van der Waals surface area (Å²) in [5.74, 6) is -1.87. The van der Waals surface area contributed by atoms with E-state index >= 15 is 0 Å². The zero-order chi connectivity index (χ0) is 23.8. The summed E-state index contributed by atoms with van der Waals surface area (Å²) in [6, 6.07) is 10.1.